The summed E-state index contributed by atoms with van der Waals surface area (Å²) >= 11 is 0. The number of carbonyl (C=O) groups excluding carboxylic acids is 4. The summed E-state index contributed by atoms with van der Waals surface area (Å²) in [5.74, 6) is -0.677. The van der Waals surface area contributed by atoms with Crippen molar-refractivity contribution in [1.82, 2.24) is 14.7 Å². The molecule has 8 heteroatoms. The molecule has 2 aliphatic rings. The summed E-state index contributed by atoms with van der Waals surface area (Å²) in [6.07, 6.45) is 0.253. The molecule has 174 valence electrons. The number of ether oxygens (including phenoxy) is 1. The minimum atomic E-state index is -0.556. The Morgan fingerprint density at radius 3 is 1.97 bits per heavy atom. The van der Waals surface area contributed by atoms with Gasteiger partial charge in [-0.1, -0.05) is 24.3 Å². The van der Waals surface area contributed by atoms with E-state index in [9.17, 15) is 19.2 Å². The Balaban J connectivity index is 1.30. The quantitative estimate of drug-likeness (QED) is 0.666. The molecule has 0 unspecified atom stereocenters. The molecule has 1 saturated heterocycles. The zero-order chi connectivity index (χ0) is 23.8. The summed E-state index contributed by atoms with van der Waals surface area (Å²) in [6, 6.07) is 10.9. The van der Waals surface area contributed by atoms with Gasteiger partial charge in [0.15, 0.2) is 0 Å². The summed E-state index contributed by atoms with van der Waals surface area (Å²) in [7, 11) is 0. The van der Waals surface area contributed by atoms with Crippen LogP contribution in [0.4, 0.5) is 4.79 Å². The molecule has 8 nitrogen and oxygen atoms in total. The molecule has 2 aromatic rings. The number of imide groups is 1. The second-order valence-corrected chi connectivity index (χ2v) is 9.42. The van der Waals surface area contributed by atoms with Gasteiger partial charge in [0.1, 0.15) is 5.60 Å². The highest BCUT2D eigenvalue weighted by Crippen LogP contribution is 2.30. The average molecular weight is 452 g/mol. The van der Waals surface area contributed by atoms with Gasteiger partial charge in [-0.25, -0.2) is 4.79 Å². The third kappa shape index (κ3) is 4.69. The molecule has 0 spiro atoms. The molecule has 0 bridgehead atoms. The summed E-state index contributed by atoms with van der Waals surface area (Å²) < 4.78 is 5.38. The molecule has 33 heavy (non-hydrogen) atoms. The monoisotopic (exact) mass is 451 g/mol. The van der Waals surface area contributed by atoms with Crippen LogP contribution in [0.2, 0.25) is 0 Å². The molecule has 0 radical (unpaired) electrons. The standard InChI is InChI=1S/C25H29N3O5/c1-25(2,3)33-24(32)27-15-13-26(14-16-27)20(29)11-6-12-28-22(30)18-9-4-7-17-8-5-10-19(21(17)18)23(28)31/h4-5,7-10H,6,11-16H2,1-3H3. The smallest absolute Gasteiger partial charge is 0.410 e. The Morgan fingerprint density at radius 2 is 1.42 bits per heavy atom. The fourth-order valence-corrected chi connectivity index (χ4v) is 4.29. The normalized spacial score (nSPS) is 16.4. The molecule has 1 fully saturated rings. The lowest BCUT2D eigenvalue weighted by Crippen LogP contribution is -2.51. The van der Waals surface area contributed by atoms with Crippen molar-refractivity contribution in [3.8, 4) is 0 Å². The van der Waals surface area contributed by atoms with Crippen molar-refractivity contribution in [2.45, 2.75) is 39.2 Å². The fourth-order valence-electron chi connectivity index (χ4n) is 4.29. The molecule has 0 aliphatic carbocycles. The van der Waals surface area contributed by atoms with Gasteiger partial charge in [0.2, 0.25) is 5.91 Å². The Labute approximate surface area is 193 Å². The van der Waals surface area contributed by atoms with Crippen molar-refractivity contribution in [1.29, 1.82) is 0 Å². The van der Waals surface area contributed by atoms with Gasteiger partial charge in [0.25, 0.3) is 11.8 Å². The molecular formula is C25H29N3O5. The van der Waals surface area contributed by atoms with E-state index in [4.69, 9.17) is 4.74 Å². The van der Waals surface area contributed by atoms with Gasteiger partial charge in [0, 0.05) is 55.7 Å². The van der Waals surface area contributed by atoms with Crippen molar-refractivity contribution in [2.24, 2.45) is 0 Å². The lowest BCUT2D eigenvalue weighted by atomic mass is 9.94. The maximum atomic E-state index is 13.0. The Bertz CT molecular complexity index is 1060. The van der Waals surface area contributed by atoms with E-state index in [-0.39, 0.29) is 36.8 Å². The van der Waals surface area contributed by atoms with Crippen LogP contribution in [0, 0.1) is 0 Å². The van der Waals surface area contributed by atoms with Crippen molar-refractivity contribution in [3.63, 3.8) is 0 Å². The van der Waals surface area contributed by atoms with Gasteiger partial charge in [0.05, 0.1) is 0 Å². The van der Waals surface area contributed by atoms with Crippen LogP contribution in [0.3, 0.4) is 0 Å². The number of amides is 4. The van der Waals surface area contributed by atoms with E-state index in [0.717, 1.165) is 5.39 Å². The molecular weight excluding hydrogens is 422 g/mol. The summed E-state index contributed by atoms with van der Waals surface area (Å²) in [4.78, 5) is 55.3. The second kappa shape index (κ2) is 8.84. The molecule has 0 aromatic heterocycles. The van der Waals surface area contributed by atoms with Crippen LogP contribution in [0.5, 0.6) is 0 Å². The molecule has 4 amide bonds. The van der Waals surface area contributed by atoms with Crippen molar-refractivity contribution >= 4 is 34.6 Å². The fraction of sp³-hybridized carbons (Fsp3) is 0.440. The molecule has 2 heterocycles. The largest absolute Gasteiger partial charge is 0.444 e. The highest BCUT2D eigenvalue weighted by atomic mass is 16.6. The predicted octanol–water partition coefficient (Wildman–Crippen LogP) is 3.30. The third-order valence-electron chi connectivity index (χ3n) is 5.91. The van der Waals surface area contributed by atoms with E-state index in [2.05, 4.69) is 0 Å². The maximum absolute atomic E-state index is 13.0. The first kappa shape index (κ1) is 22.8. The van der Waals surface area contributed by atoms with Crippen molar-refractivity contribution < 1.29 is 23.9 Å². The minimum absolute atomic E-state index is 0.0433. The topological polar surface area (TPSA) is 87.2 Å². The van der Waals surface area contributed by atoms with Crippen LogP contribution in [-0.4, -0.2) is 76.8 Å². The maximum Gasteiger partial charge on any atom is 0.410 e. The van der Waals surface area contributed by atoms with Gasteiger partial charge in [-0.05, 0) is 44.7 Å². The lowest BCUT2D eigenvalue weighted by Gasteiger charge is -2.35. The Morgan fingerprint density at radius 1 is 0.879 bits per heavy atom. The Kier molecular flexibility index (Phi) is 6.10. The molecule has 0 N–H and O–H groups in total. The molecule has 0 saturated carbocycles. The van der Waals surface area contributed by atoms with E-state index in [1.165, 1.54) is 4.90 Å². The molecule has 2 aromatic carbocycles. The number of rotatable bonds is 4. The van der Waals surface area contributed by atoms with Gasteiger partial charge >= 0.3 is 6.09 Å². The zero-order valence-corrected chi connectivity index (χ0v) is 19.3. The number of nitrogens with zero attached hydrogens (tertiary/aromatic N) is 3. The van der Waals surface area contributed by atoms with Gasteiger partial charge in [-0.2, -0.15) is 0 Å². The zero-order valence-electron chi connectivity index (χ0n) is 19.3. The molecule has 0 atom stereocenters. The summed E-state index contributed by atoms with van der Waals surface area (Å²) in [6.45, 7) is 7.37. The van der Waals surface area contributed by atoms with E-state index < -0.39 is 5.60 Å². The molecule has 2 aliphatic heterocycles. The first-order chi connectivity index (χ1) is 15.7. The van der Waals surface area contributed by atoms with Crippen LogP contribution in [0.1, 0.15) is 54.3 Å². The minimum Gasteiger partial charge on any atom is -0.444 e. The van der Waals surface area contributed by atoms with Crippen LogP contribution in [0.25, 0.3) is 10.8 Å². The van der Waals surface area contributed by atoms with Gasteiger partial charge in [-0.3, -0.25) is 19.3 Å². The van der Waals surface area contributed by atoms with Crippen LogP contribution in [0.15, 0.2) is 36.4 Å². The lowest BCUT2D eigenvalue weighted by molar-refractivity contribution is -0.133. The van der Waals surface area contributed by atoms with Gasteiger partial charge < -0.3 is 14.5 Å². The van der Waals surface area contributed by atoms with Crippen LogP contribution >= 0.6 is 0 Å². The molecule has 4 rings (SSSR count). The second-order valence-electron chi connectivity index (χ2n) is 9.42. The van der Waals surface area contributed by atoms with Crippen LogP contribution in [-0.2, 0) is 9.53 Å². The summed E-state index contributed by atoms with van der Waals surface area (Å²) in [5, 5.41) is 1.57. The number of carbonyl (C=O) groups is 4. The van der Waals surface area contributed by atoms with Gasteiger partial charge in [-0.15, -0.1) is 0 Å². The van der Waals surface area contributed by atoms with Crippen molar-refractivity contribution in [3.05, 3.63) is 47.5 Å². The highest BCUT2D eigenvalue weighted by Gasteiger charge is 2.33. The Hall–Kier alpha value is -3.42. The first-order valence-corrected chi connectivity index (χ1v) is 11.3. The van der Waals surface area contributed by atoms with E-state index in [0.29, 0.717) is 49.1 Å². The van der Waals surface area contributed by atoms with E-state index in [1.54, 1.807) is 21.9 Å². The van der Waals surface area contributed by atoms with E-state index in [1.807, 2.05) is 45.0 Å². The number of piperazine rings is 1. The third-order valence-corrected chi connectivity index (χ3v) is 5.91. The number of benzene rings is 2. The van der Waals surface area contributed by atoms with Crippen molar-refractivity contribution in [2.75, 3.05) is 32.7 Å². The first-order valence-electron chi connectivity index (χ1n) is 11.3. The summed E-state index contributed by atoms with van der Waals surface area (Å²) in [5.41, 5.74) is 0.485. The van der Waals surface area contributed by atoms with Crippen LogP contribution < -0.4 is 0 Å². The average Bonchev–Trinajstić information content (AvgIpc) is 2.78. The van der Waals surface area contributed by atoms with E-state index >= 15 is 0 Å². The highest BCUT2D eigenvalue weighted by molar-refractivity contribution is 6.25. The predicted molar refractivity (Wildman–Crippen MR) is 123 cm³/mol. The number of hydrogen-bond donors (Lipinski definition) is 0. The number of hydrogen-bond acceptors (Lipinski definition) is 5. The SMILES string of the molecule is CC(C)(C)OC(=O)N1CCN(C(=O)CCCN2C(=O)c3cccc4cccc(c34)C2=O)CC1.